The van der Waals surface area contributed by atoms with Gasteiger partial charge in [-0.1, -0.05) is 23.2 Å². The van der Waals surface area contributed by atoms with Crippen LogP contribution in [0.15, 0.2) is 46.0 Å². The van der Waals surface area contributed by atoms with Crippen molar-refractivity contribution in [1.82, 2.24) is 10.6 Å². The van der Waals surface area contributed by atoms with Gasteiger partial charge in [0.25, 0.3) is 0 Å². The van der Waals surface area contributed by atoms with E-state index >= 15 is 0 Å². The Balaban J connectivity index is 1.66. The summed E-state index contributed by atoms with van der Waals surface area (Å²) in [6, 6.07) is 7.51. The van der Waals surface area contributed by atoms with Crippen molar-refractivity contribution in [3.8, 4) is 0 Å². The molecule has 2 aromatic rings. The molecule has 1 atom stereocenters. The number of benzene rings is 1. The second-order valence-electron chi connectivity index (χ2n) is 5.31. The predicted molar refractivity (Wildman–Crippen MR) is 94.6 cm³/mol. The molecular weight excluding hydrogens is 367 g/mol. The Morgan fingerprint density at radius 3 is 2.88 bits per heavy atom. The van der Waals surface area contributed by atoms with Gasteiger partial charge in [0, 0.05) is 5.69 Å². The van der Waals surface area contributed by atoms with Crippen molar-refractivity contribution in [2.45, 2.75) is 19.0 Å². The number of furan rings is 1. The molecule has 0 saturated carbocycles. The van der Waals surface area contributed by atoms with Gasteiger partial charge in [-0.05, 0) is 30.3 Å². The van der Waals surface area contributed by atoms with Gasteiger partial charge in [0.2, 0.25) is 11.8 Å². The first-order chi connectivity index (χ1) is 12.0. The summed E-state index contributed by atoms with van der Waals surface area (Å²) in [4.78, 5) is 28.4. The second-order valence-corrected chi connectivity index (χ2v) is 6.13. The lowest BCUT2D eigenvalue weighted by Gasteiger charge is -2.25. The Kier molecular flexibility index (Phi) is 5.25. The molecule has 2 heterocycles. The van der Waals surface area contributed by atoms with Crippen LogP contribution in [-0.4, -0.2) is 23.8 Å². The number of guanidine groups is 1. The van der Waals surface area contributed by atoms with Crippen LogP contribution in [0.25, 0.3) is 0 Å². The fourth-order valence-electron chi connectivity index (χ4n) is 2.23. The largest absolute Gasteiger partial charge is 0.467 e. The van der Waals surface area contributed by atoms with E-state index in [0.29, 0.717) is 21.5 Å². The predicted octanol–water partition coefficient (Wildman–Crippen LogP) is 2.56. The summed E-state index contributed by atoms with van der Waals surface area (Å²) in [5.41, 5.74) is 0.487. The number of rotatable bonds is 4. The molecule has 0 unspecified atom stereocenters. The van der Waals surface area contributed by atoms with Gasteiger partial charge in [-0.25, -0.2) is 4.99 Å². The molecule has 2 amide bonds. The van der Waals surface area contributed by atoms with Crippen LogP contribution in [0.1, 0.15) is 12.2 Å². The molecule has 1 fully saturated rings. The number of nitrogens with zero attached hydrogens (tertiary/aromatic N) is 1. The first-order valence-electron chi connectivity index (χ1n) is 7.40. The molecule has 1 saturated heterocycles. The third-order valence-corrected chi connectivity index (χ3v) is 4.17. The maximum atomic E-state index is 12.4. The number of amides is 2. The van der Waals surface area contributed by atoms with Gasteiger partial charge >= 0.3 is 0 Å². The Morgan fingerprint density at radius 1 is 1.32 bits per heavy atom. The topological polar surface area (TPSA) is 95.7 Å². The van der Waals surface area contributed by atoms with Crippen molar-refractivity contribution in [3.05, 3.63) is 52.4 Å². The smallest absolute Gasteiger partial charge is 0.247 e. The zero-order valence-corrected chi connectivity index (χ0v) is 14.4. The molecule has 1 aliphatic rings. The van der Waals surface area contributed by atoms with E-state index in [1.807, 2.05) is 0 Å². The van der Waals surface area contributed by atoms with Gasteiger partial charge in [-0.15, -0.1) is 0 Å². The Hall–Kier alpha value is -2.51. The van der Waals surface area contributed by atoms with Crippen molar-refractivity contribution in [3.63, 3.8) is 0 Å². The highest BCUT2D eigenvalue weighted by Crippen LogP contribution is 2.25. The minimum absolute atomic E-state index is 0.00702. The molecular formula is C16H14Cl2N4O3. The maximum Gasteiger partial charge on any atom is 0.247 e. The minimum Gasteiger partial charge on any atom is -0.467 e. The first kappa shape index (κ1) is 17.3. The highest BCUT2D eigenvalue weighted by atomic mass is 35.5. The molecule has 0 aliphatic carbocycles. The van der Waals surface area contributed by atoms with E-state index in [0.717, 1.165) is 0 Å². The fourth-order valence-corrected chi connectivity index (χ4v) is 2.52. The van der Waals surface area contributed by atoms with E-state index in [9.17, 15) is 9.59 Å². The highest BCUT2D eigenvalue weighted by molar-refractivity contribution is 6.42. The van der Waals surface area contributed by atoms with Gasteiger partial charge < -0.3 is 15.1 Å². The number of carbonyl (C=O) groups is 2. The number of carbonyl (C=O) groups excluding carboxylic acids is 2. The number of hydrogen-bond acceptors (Lipinski definition) is 4. The summed E-state index contributed by atoms with van der Waals surface area (Å²) in [5.74, 6) is 0.193. The number of nitrogens with one attached hydrogen (secondary N) is 3. The third-order valence-electron chi connectivity index (χ3n) is 3.44. The van der Waals surface area contributed by atoms with E-state index < -0.39 is 6.04 Å². The van der Waals surface area contributed by atoms with E-state index in [4.69, 9.17) is 27.6 Å². The van der Waals surface area contributed by atoms with E-state index in [1.54, 1.807) is 24.3 Å². The third kappa shape index (κ3) is 4.52. The Morgan fingerprint density at radius 2 is 2.16 bits per heavy atom. The maximum absolute atomic E-state index is 12.4. The molecule has 130 valence electrons. The summed E-state index contributed by atoms with van der Waals surface area (Å²) < 4.78 is 5.18. The van der Waals surface area contributed by atoms with Crippen molar-refractivity contribution < 1.29 is 14.0 Å². The molecule has 9 heteroatoms. The van der Waals surface area contributed by atoms with Crippen LogP contribution >= 0.6 is 23.2 Å². The molecule has 0 spiro atoms. The number of anilines is 1. The normalized spacial score (nSPS) is 18.6. The Bertz CT molecular complexity index is 821. The van der Waals surface area contributed by atoms with Crippen molar-refractivity contribution in [2.75, 3.05) is 5.32 Å². The van der Waals surface area contributed by atoms with Crippen LogP contribution in [-0.2, 0) is 16.1 Å². The Labute approximate surface area is 153 Å². The van der Waals surface area contributed by atoms with Gasteiger partial charge in [-0.3, -0.25) is 14.9 Å². The van der Waals surface area contributed by atoms with E-state index in [2.05, 4.69) is 20.9 Å². The molecule has 25 heavy (non-hydrogen) atoms. The standard InChI is InChI=1S/C16H14Cl2N4O3/c17-11-4-3-9(6-12(11)18)20-15(24)13-7-14(23)22-16(21-13)19-8-10-2-1-5-25-10/h1-6,13H,7-8H2,(H,20,24)(H2,19,21,22,23)/t13-/m1/s1. The minimum atomic E-state index is -0.751. The van der Waals surface area contributed by atoms with Crippen LogP contribution in [0, 0.1) is 0 Å². The van der Waals surface area contributed by atoms with Crippen LogP contribution < -0.4 is 16.0 Å². The molecule has 3 N–H and O–H groups in total. The summed E-state index contributed by atoms with van der Waals surface area (Å²) >= 11 is 11.8. The fraction of sp³-hybridized carbons (Fsp3) is 0.188. The van der Waals surface area contributed by atoms with Crippen LogP contribution in [0.4, 0.5) is 5.69 Å². The number of halogens is 2. The lowest BCUT2D eigenvalue weighted by molar-refractivity contribution is -0.125. The lowest BCUT2D eigenvalue weighted by atomic mass is 10.1. The summed E-state index contributed by atoms with van der Waals surface area (Å²) in [5, 5.41) is 8.89. The highest BCUT2D eigenvalue weighted by Gasteiger charge is 2.28. The zero-order chi connectivity index (χ0) is 17.8. The second kappa shape index (κ2) is 7.58. The van der Waals surface area contributed by atoms with Crippen LogP contribution in [0.3, 0.4) is 0 Å². The molecule has 1 aromatic carbocycles. The number of aliphatic imine (C=N–C) groups is 1. The molecule has 0 radical (unpaired) electrons. The number of hydrogen-bond donors (Lipinski definition) is 3. The summed E-state index contributed by atoms with van der Waals surface area (Å²) in [6.45, 7) is 0.247. The SMILES string of the molecule is O=C1C[C@H](C(=O)Nc2ccc(Cl)c(Cl)c2)NC(=NCc2ccco2)N1. The van der Waals surface area contributed by atoms with Crippen molar-refractivity contribution in [1.29, 1.82) is 0 Å². The van der Waals surface area contributed by atoms with E-state index in [1.165, 1.54) is 12.3 Å². The van der Waals surface area contributed by atoms with Crippen molar-refractivity contribution >= 4 is 46.7 Å². The lowest BCUT2D eigenvalue weighted by Crippen LogP contribution is -2.57. The van der Waals surface area contributed by atoms with Crippen molar-refractivity contribution in [2.24, 2.45) is 4.99 Å². The molecule has 1 aliphatic heterocycles. The summed E-state index contributed by atoms with van der Waals surface area (Å²) in [6.07, 6.45) is 1.53. The summed E-state index contributed by atoms with van der Waals surface area (Å²) in [7, 11) is 0. The van der Waals surface area contributed by atoms with Crippen LogP contribution in [0.5, 0.6) is 0 Å². The molecule has 7 nitrogen and oxygen atoms in total. The average molecular weight is 381 g/mol. The first-order valence-corrected chi connectivity index (χ1v) is 8.16. The van der Waals surface area contributed by atoms with Gasteiger partial charge in [-0.2, -0.15) is 0 Å². The quantitative estimate of drug-likeness (QED) is 0.759. The van der Waals surface area contributed by atoms with Gasteiger partial charge in [0.05, 0.1) is 22.7 Å². The van der Waals surface area contributed by atoms with Gasteiger partial charge in [0.15, 0.2) is 5.96 Å². The van der Waals surface area contributed by atoms with E-state index in [-0.39, 0.29) is 30.7 Å². The van der Waals surface area contributed by atoms with Crippen LogP contribution in [0.2, 0.25) is 10.0 Å². The molecule has 3 rings (SSSR count). The molecule has 1 aromatic heterocycles. The molecule has 0 bridgehead atoms. The zero-order valence-electron chi connectivity index (χ0n) is 12.9. The monoisotopic (exact) mass is 380 g/mol. The van der Waals surface area contributed by atoms with Gasteiger partial charge in [0.1, 0.15) is 18.3 Å². The average Bonchev–Trinajstić information content (AvgIpc) is 3.09.